The monoisotopic (exact) mass is 355 g/mol. The fourth-order valence-electron chi connectivity index (χ4n) is 2.48. The Morgan fingerprint density at radius 3 is 2.46 bits per heavy atom. The summed E-state index contributed by atoms with van der Waals surface area (Å²) in [4.78, 5) is 26.9. The molecule has 0 saturated heterocycles. The number of hydrogen-bond acceptors (Lipinski definition) is 6. The molecule has 0 fully saturated rings. The van der Waals surface area contributed by atoms with Gasteiger partial charge in [-0.3, -0.25) is 19.5 Å². The molecule has 1 heterocycles. The van der Waals surface area contributed by atoms with Crippen molar-refractivity contribution in [3.8, 4) is 11.5 Å². The van der Waals surface area contributed by atoms with Crippen molar-refractivity contribution in [2.75, 3.05) is 13.2 Å². The molecule has 0 aliphatic carbocycles. The molecule has 0 radical (unpaired) electrons. The summed E-state index contributed by atoms with van der Waals surface area (Å²) in [6, 6.07) is 11.2. The minimum Gasteiger partial charge on any atom is -0.494 e. The summed E-state index contributed by atoms with van der Waals surface area (Å²) in [5, 5.41) is 11.1. The number of benzene rings is 2. The van der Waals surface area contributed by atoms with Gasteiger partial charge in [-0.15, -0.1) is 0 Å². The Morgan fingerprint density at radius 1 is 1.12 bits per heavy atom. The molecular formula is C18H17N3O5. The zero-order valence-corrected chi connectivity index (χ0v) is 14.1. The Balaban J connectivity index is 1.69. The highest BCUT2D eigenvalue weighted by Gasteiger charge is 2.10. The molecule has 0 saturated carbocycles. The normalized spacial score (nSPS) is 10.7. The van der Waals surface area contributed by atoms with Crippen molar-refractivity contribution >= 4 is 16.6 Å². The van der Waals surface area contributed by atoms with Crippen molar-refractivity contribution in [3.05, 3.63) is 69.3 Å². The summed E-state index contributed by atoms with van der Waals surface area (Å²) in [6.45, 7) is 3.11. The second-order valence-corrected chi connectivity index (χ2v) is 5.45. The van der Waals surface area contributed by atoms with Crippen LogP contribution in [0, 0.1) is 10.1 Å². The second-order valence-electron chi connectivity index (χ2n) is 5.45. The number of nitro benzene ring substituents is 1. The fourth-order valence-corrected chi connectivity index (χ4v) is 2.48. The van der Waals surface area contributed by atoms with E-state index in [-0.39, 0.29) is 17.9 Å². The van der Waals surface area contributed by atoms with Gasteiger partial charge < -0.3 is 9.47 Å². The van der Waals surface area contributed by atoms with Gasteiger partial charge in [-0.05, 0) is 37.3 Å². The van der Waals surface area contributed by atoms with Crippen LogP contribution in [0.4, 0.5) is 5.69 Å². The maximum atomic E-state index is 12.4. The molecule has 0 aliphatic rings. The first-order valence-electron chi connectivity index (χ1n) is 8.07. The van der Waals surface area contributed by atoms with E-state index in [2.05, 4.69) is 4.98 Å². The number of fused-ring (bicyclic) bond motifs is 1. The highest BCUT2D eigenvalue weighted by Crippen LogP contribution is 2.18. The van der Waals surface area contributed by atoms with Crippen molar-refractivity contribution in [1.29, 1.82) is 0 Å². The fraction of sp³-hybridized carbons (Fsp3) is 0.222. The van der Waals surface area contributed by atoms with E-state index in [9.17, 15) is 14.9 Å². The smallest absolute Gasteiger partial charge is 0.271 e. The number of aromatic nitrogens is 2. The molecule has 0 N–H and O–H groups in total. The number of non-ortho nitro benzene ring substituents is 1. The van der Waals surface area contributed by atoms with Crippen LogP contribution in [0.3, 0.4) is 0 Å². The molecule has 0 aliphatic heterocycles. The Hall–Kier alpha value is -3.42. The van der Waals surface area contributed by atoms with Gasteiger partial charge >= 0.3 is 0 Å². The van der Waals surface area contributed by atoms with Crippen molar-refractivity contribution < 1.29 is 14.4 Å². The average Bonchev–Trinajstić information content (AvgIpc) is 2.65. The SMILES string of the molecule is CCOc1ccc(OCCn2cnc3cc([N+](=O)[O-])ccc3c2=O)cc1. The first kappa shape index (κ1) is 17.4. The van der Waals surface area contributed by atoms with Gasteiger partial charge in [0, 0.05) is 12.1 Å². The van der Waals surface area contributed by atoms with Gasteiger partial charge in [0.25, 0.3) is 11.2 Å². The average molecular weight is 355 g/mol. The number of ether oxygens (including phenoxy) is 2. The van der Waals surface area contributed by atoms with Crippen LogP contribution in [0.2, 0.25) is 0 Å². The zero-order valence-electron chi connectivity index (χ0n) is 14.1. The van der Waals surface area contributed by atoms with Crippen LogP contribution in [0.15, 0.2) is 53.6 Å². The van der Waals surface area contributed by atoms with Gasteiger partial charge in [-0.1, -0.05) is 0 Å². The summed E-state index contributed by atoms with van der Waals surface area (Å²) in [5.74, 6) is 1.44. The molecule has 0 spiro atoms. The third-order valence-corrected chi connectivity index (χ3v) is 3.76. The van der Waals surface area contributed by atoms with Crippen LogP contribution in [0.25, 0.3) is 10.9 Å². The van der Waals surface area contributed by atoms with Gasteiger partial charge in [-0.2, -0.15) is 0 Å². The zero-order chi connectivity index (χ0) is 18.5. The Labute approximate surface area is 148 Å². The van der Waals surface area contributed by atoms with Crippen molar-refractivity contribution in [2.45, 2.75) is 13.5 Å². The van der Waals surface area contributed by atoms with Crippen molar-refractivity contribution in [2.24, 2.45) is 0 Å². The molecule has 8 nitrogen and oxygen atoms in total. The maximum Gasteiger partial charge on any atom is 0.271 e. The van der Waals surface area contributed by atoms with E-state index in [0.717, 1.165) is 5.75 Å². The highest BCUT2D eigenvalue weighted by atomic mass is 16.6. The van der Waals surface area contributed by atoms with E-state index in [4.69, 9.17) is 9.47 Å². The Kier molecular flexibility index (Phi) is 5.12. The topological polar surface area (TPSA) is 96.5 Å². The van der Waals surface area contributed by atoms with Crippen molar-refractivity contribution in [3.63, 3.8) is 0 Å². The van der Waals surface area contributed by atoms with Gasteiger partial charge in [-0.25, -0.2) is 4.98 Å². The van der Waals surface area contributed by atoms with Crippen LogP contribution in [-0.2, 0) is 6.54 Å². The maximum absolute atomic E-state index is 12.4. The van der Waals surface area contributed by atoms with Crippen LogP contribution >= 0.6 is 0 Å². The molecule has 0 bridgehead atoms. The quantitative estimate of drug-likeness (QED) is 0.477. The Morgan fingerprint density at radius 2 is 1.81 bits per heavy atom. The van der Waals surface area contributed by atoms with Crippen LogP contribution in [0.5, 0.6) is 11.5 Å². The lowest BCUT2D eigenvalue weighted by atomic mass is 10.2. The molecule has 0 amide bonds. The van der Waals surface area contributed by atoms with E-state index in [1.165, 1.54) is 29.1 Å². The first-order valence-corrected chi connectivity index (χ1v) is 8.07. The molecule has 134 valence electrons. The lowest BCUT2D eigenvalue weighted by molar-refractivity contribution is -0.384. The molecule has 1 aromatic heterocycles. The lowest BCUT2D eigenvalue weighted by Crippen LogP contribution is -2.23. The van der Waals surface area contributed by atoms with Gasteiger partial charge in [0.2, 0.25) is 0 Å². The van der Waals surface area contributed by atoms with Gasteiger partial charge in [0.1, 0.15) is 18.1 Å². The largest absolute Gasteiger partial charge is 0.494 e. The van der Waals surface area contributed by atoms with E-state index in [1.807, 2.05) is 19.1 Å². The lowest BCUT2D eigenvalue weighted by Gasteiger charge is -2.09. The molecule has 3 rings (SSSR count). The third-order valence-electron chi connectivity index (χ3n) is 3.76. The van der Waals surface area contributed by atoms with Crippen LogP contribution < -0.4 is 15.0 Å². The third kappa shape index (κ3) is 3.80. The minimum absolute atomic E-state index is 0.0963. The molecule has 3 aromatic rings. The second kappa shape index (κ2) is 7.64. The number of nitro groups is 1. The Bertz CT molecular complexity index is 982. The number of nitrogens with zero attached hydrogens (tertiary/aromatic N) is 3. The molecule has 0 unspecified atom stereocenters. The standard InChI is InChI=1S/C18H17N3O5/c1-2-25-14-4-6-15(7-5-14)26-10-9-20-12-19-17-11-13(21(23)24)3-8-16(17)18(20)22/h3-8,11-12H,2,9-10H2,1H3. The van der Waals surface area contributed by atoms with E-state index in [1.54, 1.807) is 12.1 Å². The van der Waals surface area contributed by atoms with Crippen LogP contribution in [-0.4, -0.2) is 27.7 Å². The highest BCUT2D eigenvalue weighted by molar-refractivity contribution is 5.79. The summed E-state index contributed by atoms with van der Waals surface area (Å²) in [5.41, 5.74) is -0.0611. The van der Waals surface area contributed by atoms with E-state index >= 15 is 0 Å². The predicted molar refractivity (Wildman–Crippen MR) is 95.8 cm³/mol. The van der Waals surface area contributed by atoms with E-state index < -0.39 is 4.92 Å². The molecular weight excluding hydrogens is 338 g/mol. The van der Waals surface area contributed by atoms with E-state index in [0.29, 0.717) is 29.8 Å². The molecule has 0 atom stereocenters. The number of rotatable bonds is 7. The van der Waals surface area contributed by atoms with Gasteiger partial charge in [0.15, 0.2) is 0 Å². The minimum atomic E-state index is -0.517. The predicted octanol–water partition coefficient (Wildman–Crippen LogP) is 2.78. The van der Waals surface area contributed by atoms with Gasteiger partial charge in [0.05, 0.1) is 35.3 Å². The van der Waals surface area contributed by atoms with Crippen LogP contribution in [0.1, 0.15) is 6.92 Å². The molecule has 8 heteroatoms. The summed E-state index contributed by atoms with van der Waals surface area (Å²) >= 11 is 0. The number of hydrogen-bond donors (Lipinski definition) is 0. The summed E-state index contributed by atoms with van der Waals surface area (Å²) < 4.78 is 12.4. The summed E-state index contributed by atoms with van der Waals surface area (Å²) in [6.07, 6.45) is 1.37. The first-order chi connectivity index (χ1) is 12.6. The molecule has 26 heavy (non-hydrogen) atoms. The van der Waals surface area contributed by atoms with Crippen molar-refractivity contribution in [1.82, 2.24) is 9.55 Å². The summed E-state index contributed by atoms with van der Waals surface area (Å²) in [7, 11) is 0. The molecule has 2 aromatic carbocycles.